The van der Waals surface area contributed by atoms with Crippen LogP contribution >= 0.6 is 0 Å². The molecule has 6 heterocycles. The summed E-state index contributed by atoms with van der Waals surface area (Å²) in [7, 11) is 0. The molecule has 2 atom stereocenters. The maximum Gasteiger partial charge on any atom is 0.262 e. The molecule has 1 saturated carbocycles. The van der Waals surface area contributed by atoms with Crippen molar-refractivity contribution >= 4 is 40.5 Å². The van der Waals surface area contributed by atoms with Gasteiger partial charge >= 0.3 is 0 Å². The standard InChI is InChI=1S/C44H45N9O6/c45-40-38-39(26-8-14-31(15-9-26)58-30-6-2-1-3-7-30)49-53(41(38)47-25-46-40)29-5-4-20-50(22-29)27-10-12-28(13-11-27)51-23-33(24-51)59-32-16-17-34-35(21-32)44(57)52(43(34)56)36-18-19-37(54)48-42(36)55/h1-3,6-9,14-17,21,25,27-29,33,36H,4-5,10-13,18-20,22-24H2,(H2,45,46,47)(H,48,54,55)/t27?,28?,29-,36?/m1/s1. The lowest BCUT2D eigenvalue weighted by Crippen LogP contribution is -2.59. The van der Waals surface area contributed by atoms with E-state index in [9.17, 15) is 19.2 Å². The first-order valence-corrected chi connectivity index (χ1v) is 20.6. The molecule has 2 aromatic heterocycles. The molecular formula is C44H45N9O6. The van der Waals surface area contributed by atoms with E-state index in [1.807, 2.05) is 54.6 Å². The Kier molecular flexibility index (Phi) is 9.56. The van der Waals surface area contributed by atoms with Crippen molar-refractivity contribution in [3.05, 3.63) is 90.3 Å². The first kappa shape index (κ1) is 37.1. The van der Waals surface area contributed by atoms with Crippen molar-refractivity contribution in [2.45, 2.75) is 81.6 Å². The van der Waals surface area contributed by atoms with Crippen LogP contribution in [-0.2, 0) is 9.59 Å². The average Bonchev–Trinajstić information content (AvgIpc) is 3.75. The van der Waals surface area contributed by atoms with Crippen LogP contribution in [0, 0.1) is 0 Å². The van der Waals surface area contributed by atoms with E-state index in [4.69, 9.17) is 25.3 Å². The molecule has 10 rings (SSSR count). The number of aromatic nitrogens is 4. The first-order chi connectivity index (χ1) is 28.8. The minimum atomic E-state index is -0.993. The van der Waals surface area contributed by atoms with Gasteiger partial charge in [-0.1, -0.05) is 18.2 Å². The number of hydrogen-bond donors (Lipinski definition) is 2. The Morgan fingerprint density at radius 1 is 0.712 bits per heavy atom. The molecule has 1 unspecified atom stereocenters. The van der Waals surface area contributed by atoms with Crippen molar-refractivity contribution in [3.63, 3.8) is 0 Å². The predicted octanol–water partition coefficient (Wildman–Crippen LogP) is 4.98. The predicted molar refractivity (Wildman–Crippen MR) is 217 cm³/mol. The van der Waals surface area contributed by atoms with Crippen LogP contribution in [-0.4, -0.2) is 108 Å². The highest BCUT2D eigenvalue weighted by atomic mass is 16.5. The molecule has 59 heavy (non-hydrogen) atoms. The molecule has 5 aromatic rings. The third kappa shape index (κ3) is 6.97. The normalized spacial score (nSPS) is 24.2. The van der Waals surface area contributed by atoms with Crippen molar-refractivity contribution in [2.75, 3.05) is 31.9 Å². The zero-order chi connectivity index (χ0) is 40.2. The SMILES string of the molecule is Nc1ncnc2c1c(-c1ccc(Oc3ccccc3)cc1)nn2[C@@H]1CCCN(C2CCC(N3CC(Oc4ccc5c(c4)C(=O)N(C4CCC(=O)NC4=O)C5=O)C3)CC2)C1. The minimum absolute atomic E-state index is 0.0146. The second-order valence-corrected chi connectivity index (χ2v) is 16.3. The Hall–Kier alpha value is -6.19. The Bertz CT molecular complexity index is 2440. The number of carbonyl (C=O) groups excluding carboxylic acids is 4. The molecule has 0 radical (unpaired) electrons. The molecule has 15 heteroatoms. The molecule has 1 aliphatic carbocycles. The molecular weight excluding hydrogens is 751 g/mol. The Balaban J connectivity index is 0.741. The number of ether oxygens (including phenoxy) is 2. The van der Waals surface area contributed by atoms with Crippen LogP contribution in [0.25, 0.3) is 22.3 Å². The lowest BCUT2D eigenvalue weighted by Gasteiger charge is -2.48. The number of nitrogen functional groups attached to an aromatic ring is 1. The zero-order valence-corrected chi connectivity index (χ0v) is 32.5. The molecule has 4 fully saturated rings. The monoisotopic (exact) mass is 795 g/mol. The van der Waals surface area contributed by atoms with Crippen LogP contribution in [0.2, 0.25) is 0 Å². The fourth-order valence-electron chi connectivity index (χ4n) is 9.62. The molecule has 0 bridgehead atoms. The van der Waals surface area contributed by atoms with Gasteiger partial charge in [-0.15, -0.1) is 0 Å². The fraction of sp³-hybridized carbons (Fsp3) is 0.386. The summed E-state index contributed by atoms with van der Waals surface area (Å²) in [5.74, 6) is 0.391. The van der Waals surface area contributed by atoms with Gasteiger partial charge in [0.05, 0.1) is 22.6 Å². The number of piperidine rings is 2. The average molecular weight is 796 g/mol. The summed E-state index contributed by atoms with van der Waals surface area (Å²) in [6, 6.07) is 22.7. The van der Waals surface area contributed by atoms with Crippen molar-refractivity contribution in [3.8, 4) is 28.5 Å². The summed E-state index contributed by atoms with van der Waals surface area (Å²) in [6.07, 6.45) is 8.29. The number of nitrogens with two attached hydrogens (primary N) is 1. The smallest absolute Gasteiger partial charge is 0.262 e. The number of hydrogen-bond acceptors (Lipinski definition) is 12. The quantitative estimate of drug-likeness (QED) is 0.192. The van der Waals surface area contributed by atoms with E-state index in [1.54, 1.807) is 18.2 Å². The Morgan fingerprint density at radius 3 is 2.19 bits per heavy atom. The largest absolute Gasteiger partial charge is 0.488 e. The number of anilines is 1. The topological polar surface area (TPSA) is 178 Å². The van der Waals surface area contributed by atoms with E-state index in [0.717, 1.165) is 103 Å². The second kappa shape index (κ2) is 15.2. The van der Waals surface area contributed by atoms with Crippen molar-refractivity contribution < 1.29 is 28.7 Å². The van der Waals surface area contributed by atoms with E-state index in [2.05, 4.69) is 24.8 Å². The van der Waals surface area contributed by atoms with E-state index < -0.39 is 29.7 Å². The highest BCUT2D eigenvalue weighted by Gasteiger charge is 2.45. The summed E-state index contributed by atoms with van der Waals surface area (Å²) in [5, 5.41) is 8.18. The molecule has 4 aliphatic heterocycles. The van der Waals surface area contributed by atoms with Gasteiger partial charge in [0, 0.05) is 43.7 Å². The van der Waals surface area contributed by atoms with Gasteiger partial charge in [0.15, 0.2) is 5.65 Å². The van der Waals surface area contributed by atoms with Gasteiger partial charge in [-0.25, -0.2) is 14.6 Å². The van der Waals surface area contributed by atoms with Crippen molar-refractivity contribution in [2.24, 2.45) is 0 Å². The van der Waals surface area contributed by atoms with Crippen LogP contribution in [0.5, 0.6) is 17.2 Å². The van der Waals surface area contributed by atoms with Crippen LogP contribution < -0.4 is 20.5 Å². The van der Waals surface area contributed by atoms with Gasteiger partial charge in [-0.3, -0.25) is 39.2 Å². The van der Waals surface area contributed by atoms with Crippen LogP contribution in [0.1, 0.15) is 78.1 Å². The maximum absolute atomic E-state index is 13.3. The molecule has 302 valence electrons. The Labute approximate surface area is 340 Å². The molecule has 0 spiro atoms. The maximum atomic E-state index is 13.3. The third-order valence-corrected chi connectivity index (χ3v) is 12.7. The molecule has 4 amide bonds. The van der Waals surface area contributed by atoms with E-state index >= 15 is 0 Å². The number of imide groups is 2. The fourth-order valence-corrected chi connectivity index (χ4v) is 9.62. The minimum Gasteiger partial charge on any atom is -0.488 e. The second-order valence-electron chi connectivity index (χ2n) is 16.3. The van der Waals surface area contributed by atoms with Crippen molar-refractivity contribution in [1.29, 1.82) is 0 Å². The summed E-state index contributed by atoms with van der Waals surface area (Å²) in [6.45, 7) is 3.57. The van der Waals surface area contributed by atoms with Gasteiger partial charge in [-0.05, 0) is 106 Å². The van der Waals surface area contributed by atoms with Gasteiger partial charge in [0.1, 0.15) is 47.2 Å². The number of carbonyl (C=O) groups is 4. The number of fused-ring (bicyclic) bond motifs is 2. The molecule has 3 aromatic carbocycles. The van der Waals surface area contributed by atoms with Crippen LogP contribution in [0.15, 0.2) is 79.1 Å². The van der Waals surface area contributed by atoms with E-state index in [-0.39, 0.29) is 36.1 Å². The van der Waals surface area contributed by atoms with Crippen LogP contribution in [0.4, 0.5) is 5.82 Å². The lowest BCUT2D eigenvalue weighted by molar-refractivity contribution is -0.136. The van der Waals surface area contributed by atoms with Crippen LogP contribution in [0.3, 0.4) is 0 Å². The first-order valence-electron chi connectivity index (χ1n) is 20.6. The zero-order valence-electron chi connectivity index (χ0n) is 32.5. The molecule has 5 aliphatic rings. The summed E-state index contributed by atoms with van der Waals surface area (Å²) < 4.78 is 14.4. The van der Waals surface area contributed by atoms with E-state index in [0.29, 0.717) is 23.7 Å². The number of nitrogens with zero attached hydrogens (tertiary/aromatic N) is 7. The molecule has 3 saturated heterocycles. The summed E-state index contributed by atoms with van der Waals surface area (Å²) in [4.78, 5) is 65.6. The van der Waals surface area contributed by atoms with Gasteiger partial charge in [-0.2, -0.15) is 5.10 Å². The highest BCUT2D eigenvalue weighted by molar-refractivity contribution is 6.23. The third-order valence-electron chi connectivity index (χ3n) is 12.7. The molecule has 15 nitrogen and oxygen atoms in total. The lowest BCUT2D eigenvalue weighted by atomic mass is 9.86. The van der Waals surface area contributed by atoms with Crippen molar-refractivity contribution in [1.82, 2.24) is 39.8 Å². The van der Waals surface area contributed by atoms with E-state index in [1.165, 1.54) is 6.33 Å². The number of amides is 4. The molecule has 3 N–H and O–H groups in total. The Morgan fingerprint density at radius 2 is 1.42 bits per heavy atom. The summed E-state index contributed by atoms with van der Waals surface area (Å²) in [5.41, 5.74) is 9.42. The number of likely N-dealkylation sites (tertiary alicyclic amines) is 2. The van der Waals surface area contributed by atoms with Gasteiger partial charge in [0.25, 0.3) is 11.8 Å². The van der Waals surface area contributed by atoms with Gasteiger partial charge in [0.2, 0.25) is 11.8 Å². The van der Waals surface area contributed by atoms with Gasteiger partial charge < -0.3 is 15.2 Å². The number of benzene rings is 3. The number of para-hydroxylation sites is 1. The summed E-state index contributed by atoms with van der Waals surface area (Å²) >= 11 is 0. The number of nitrogens with one attached hydrogen (secondary N) is 1. The highest BCUT2D eigenvalue weighted by Crippen LogP contribution is 2.38. The number of rotatable bonds is 9.